The second kappa shape index (κ2) is 5.87. The van der Waals surface area contributed by atoms with Crippen LogP contribution >= 0.6 is 11.3 Å². The average molecular weight is 334 g/mol. The Morgan fingerprint density at radius 2 is 2.43 bits per heavy atom. The van der Waals surface area contributed by atoms with Crippen LogP contribution < -0.4 is 5.32 Å². The molecule has 124 valence electrons. The van der Waals surface area contributed by atoms with Gasteiger partial charge in [0.25, 0.3) is 5.91 Å². The van der Waals surface area contributed by atoms with Gasteiger partial charge in [-0.15, -0.1) is 11.3 Å². The van der Waals surface area contributed by atoms with Crippen LogP contribution in [0.25, 0.3) is 0 Å². The van der Waals surface area contributed by atoms with Gasteiger partial charge in [0.2, 0.25) is 0 Å². The molecule has 1 aromatic rings. The lowest BCUT2D eigenvalue weighted by molar-refractivity contribution is -0.115. The van der Waals surface area contributed by atoms with E-state index >= 15 is 0 Å². The second-order valence-corrected chi connectivity index (χ2v) is 8.02. The van der Waals surface area contributed by atoms with Crippen LogP contribution in [-0.4, -0.2) is 46.7 Å². The number of aryl methyl sites for hydroxylation is 1. The maximum absolute atomic E-state index is 12.1. The molecule has 1 amide bonds. The molecular weight excluding hydrogens is 312 g/mol. The van der Waals surface area contributed by atoms with Gasteiger partial charge in [0.15, 0.2) is 5.60 Å². The van der Waals surface area contributed by atoms with Crippen LogP contribution in [0.3, 0.4) is 0 Å². The molecule has 0 aromatic carbocycles. The first-order valence-corrected chi connectivity index (χ1v) is 9.16. The standard InChI is InChI=1S/C16H22N4O2S/c1-11-18-13(9-23-11)8-20-5-4-16(10-20)6-14(19-22-16)15(21)17-7-12-2-3-12/h9,12H,2-8,10H2,1H3,(H,17,21)/t16-/m1/s1. The largest absolute Gasteiger partial charge is 0.387 e. The van der Waals surface area contributed by atoms with E-state index in [2.05, 4.69) is 25.7 Å². The van der Waals surface area contributed by atoms with Gasteiger partial charge in [0.1, 0.15) is 5.71 Å². The minimum atomic E-state index is -0.308. The summed E-state index contributed by atoms with van der Waals surface area (Å²) in [5.41, 5.74) is 1.36. The van der Waals surface area contributed by atoms with Crippen molar-refractivity contribution in [3.63, 3.8) is 0 Å². The highest BCUT2D eigenvalue weighted by Crippen LogP contribution is 2.34. The van der Waals surface area contributed by atoms with Crippen molar-refractivity contribution >= 4 is 23.0 Å². The average Bonchev–Trinajstić information content (AvgIpc) is 2.93. The summed E-state index contributed by atoms with van der Waals surface area (Å²) in [7, 11) is 0. The number of nitrogens with one attached hydrogen (secondary N) is 1. The number of thiazole rings is 1. The van der Waals surface area contributed by atoms with Gasteiger partial charge in [-0.3, -0.25) is 9.69 Å². The first kappa shape index (κ1) is 15.1. The third kappa shape index (κ3) is 3.40. The van der Waals surface area contributed by atoms with Gasteiger partial charge in [-0.25, -0.2) is 4.98 Å². The third-order valence-corrected chi connectivity index (χ3v) is 5.62. The van der Waals surface area contributed by atoms with Crippen molar-refractivity contribution in [2.24, 2.45) is 11.1 Å². The van der Waals surface area contributed by atoms with Gasteiger partial charge in [-0.05, 0) is 25.7 Å². The molecule has 1 saturated heterocycles. The zero-order chi connectivity index (χ0) is 15.9. The monoisotopic (exact) mass is 334 g/mol. The van der Waals surface area contributed by atoms with Crippen LogP contribution in [-0.2, 0) is 16.2 Å². The van der Waals surface area contributed by atoms with Gasteiger partial charge in [0, 0.05) is 44.4 Å². The maximum atomic E-state index is 12.1. The molecule has 1 spiro atoms. The van der Waals surface area contributed by atoms with E-state index in [1.807, 2.05) is 6.92 Å². The number of carbonyl (C=O) groups excluding carboxylic acids is 1. The molecule has 3 heterocycles. The van der Waals surface area contributed by atoms with E-state index in [1.165, 1.54) is 12.8 Å². The summed E-state index contributed by atoms with van der Waals surface area (Å²) in [4.78, 5) is 24.7. The number of nitrogens with zero attached hydrogens (tertiary/aromatic N) is 3. The molecule has 23 heavy (non-hydrogen) atoms. The molecule has 7 heteroatoms. The van der Waals surface area contributed by atoms with E-state index in [0.29, 0.717) is 18.1 Å². The Morgan fingerprint density at radius 1 is 1.57 bits per heavy atom. The lowest BCUT2D eigenvalue weighted by Crippen LogP contribution is -2.37. The Labute approximate surface area is 139 Å². The molecule has 3 aliphatic rings. The molecule has 4 rings (SSSR count). The molecular formula is C16H22N4O2S. The predicted octanol–water partition coefficient (Wildman–Crippen LogP) is 1.70. The van der Waals surface area contributed by atoms with Gasteiger partial charge < -0.3 is 10.2 Å². The summed E-state index contributed by atoms with van der Waals surface area (Å²) in [5.74, 6) is 0.627. The van der Waals surface area contributed by atoms with Crippen molar-refractivity contribution in [3.05, 3.63) is 16.1 Å². The quantitative estimate of drug-likeness (QED) is 0.890. The van der Waals surface area contributed by atoms with E-state index in [-0.39, 0.29) is 11.5 Å². The van der Waals surface area contributed by atoms with Gasteiger partial charge >= 0.3 is 0 Å². The first-order valence-electron chi connectivity index (χ1n) is 8.28. The summed E-state index contributed by atoms with van der Waals surface area (Å²) in [5, 5.41) is 10.3. The van der Waals surface area contributed by atoms with Crippen molar-refractivity contribution in [2.45, 2.75) is 44.8 Å². The minimum Gasteiger partial charge on any atom is -0.387 e. The van der Waals surface area contributed by atoms with Crippen molar-refractivity contribution < 1.29 is 9.63 Å². The molecule has 1 aromatic heterocycles. The van der Waals surface area contributed by atoms with E-state index in [1.54, 1.807) is 11.3 Å². The highest BCUT2D eigenvalue weighted by Gasteiger charge is 2.46. The molecule has 1 saturated carbocycles. The van der Waals surface area contributed by atoms with E-state index < -0.39 is 0 Å². The molecule has 1 N–H and O–H groups in total. The van der Waals surface area contributed by atoms with Crippen molar-refractivity contribution in [1.82, 2.24) is 15.2 Å². The Morgan fingerprint density at radius 3 is 3.17 bits per heavy atom. The smallest absolute Gasteiger partial charge is 0.269 e. The van der Waals surface area contributed by atoms with Crippen LogP contribution in [0.4, 0.5) is 0 Å². The van der Waals surface area contributed by atoms with Crippen LogP contribution in [0.2, 0.25) is 0 Å². The Hall–Kier alpha value is -1.47. The third-order valence-electron chi connectivity index (χ3n) is 4.80. The molecule has 2 fully saturated rings. The lowest BCUT2D eigenvalue weighted by atomic mass is 9.96. The number of amides is 1. The first-order chi connectivity index (χ1) is 11.1. The Bertz CT molecular complexity index is 640. The number of likely N-dealkylation sites (tertiary alicyclic amines) is 1. The zero-order valence-electron chi connectivity index (χ0n) is 13.4. The fourth-order valence-corrected chi connectivity index (χ4v) is 3.90. The van der Waals surface area contributed by atoms with Gasteiger partial charge in [-0.1, -0.05) is 5.16 Å². The number of aromatic nitrogens is 1. The minimum absolute atomic E-state index is 0.0534. The fraction of sp³-hybridized carbons (Fsp3) is 0.688. The summed E-state index contributed by atoms with van der Waals surface area (Å²) >= 11 is 1.68. The van der Waals surface area contributed by atoms with Gasteiger partial charge in [-0.2, -0.15) is 0 Å². The van der Waals surface area contributed by atoms with Gasteiger partial charge in [0.05, 0.1) is 10.7 Å². The lowest BCUT2D eigenvalue weighted by Gasteiger charge is -2.21. The van der Waals surface area contributed by atoms with E-state index in [0.717, 1.165) is 43.3 Å². The predicted molar refractivity (Wildman–Crippen MR) is 88.3 cm³/mol. The van der Waals surface area contributed by atoms with Crippen LogP contribution in [0.5, 0.6) is 0 Å². The summed E-state index contributed by atoms with van der Waals surface area (Å²) in [6, 6.07) is 0. The number of rotatable bonds is 5. The molecule has 1 atom stereocenters. The second-order valence-electron chi connectivity index (χ2n) is 6.96. The van der Waals surface area contributed by atoms with E-state index in [9.17, 15) is 4.79 Å². The number of oxime groups is 1. The summed E-state index contributed by atoms with van der Waals surface area (Å²) in [6.07, 6.45) is 4.01. The highest BCUT2D eigenvalue weighted by molar-refractivity contribution is 7.09. The fourth-order valence-electron chi connectivity index (χ4n) is 3.30. The molecule has 2 aliphatic heterocycles. The van der Waals surface area contributed by atoms with Crippen LogP contribution in [0, 0.1) is 12.8 Å². The molecule has 0 radical (unpaired) electrons. The SMILES string of the molecule is Cc1nc(CN2CC[C@@]3(CC(C(=O)NCC4CC4)=NO3)C2)cs1. The summed E-state index contributed by atoms with van der Waals surface area (Å²) in [6.45, 7) is 5.43. The molecule has 0 bridgehead atoms. The van der Waals surface area contributed by atoms with Crippen molar-refractivity contribution in [1.29, 1.82) is 0 Å². The zero-order valence-corrected chi connectivity index (χ0v) is 14.2. The summed E-state index contributed by atoms with van der Waals surface area (Å²) < 4.78 is 0. The number of carbonyl (C=O) groups is 1. The number of hydrogen-bond acceptors (Lipinski definition) is 6. The highest BCUT2D eigenvalue weighted by atomic mass is 32.1. The molecule has 6 nitrogen and oxygen atoms in total. The maximum Gasteiger partial charge on any atom is 0.269 e. The Kier molecular flexibility index (Phi) is 3.85. The Balaban J connectivity index is 1.30. The molecule has 0 unspecified atom stereocenters. The van der Waals surface area contributed by atoms with Crippen LogP contribution in [0.1, 0.15) is 36.4 Å². The van der Waals surface area contributed by atoms with E-state index in [4.69, 9.17) is 4.84 Å². The number of hydrogen-bond donors (Lipinski definition) is 1. The normalized spacial score (nSPS) is 27.3. The van der Waals surface area contributed by atoms with Crippen LogP contribution in [0.15, 0.2) is 10.5 Å². The molecule has 1 aliphatic carbocycles. The topological polar surface area (TPSA) is 66.8 Å². The van der Waals surface area contributed by atoms with Crippen molar-refractivity contribution in [3.8, 4) is 0 Å². The van der Waals surface area contributed by atoms with Crippen molar-refractivity contribution in [2.75, 3.05) is 19.6 Å².